The minimum Gasteiger partial charge on any atom is -0.207 e. The summed E-state index contributed by atoms with van der Waals surface area (Å²) in [6.07, 6.45) is 2.01. The maximum atomic E-state index is 12.2. The first-order chi connectivity index (χ1) is 11.2. The Hall–Kier alpha value is -2.14. The predicted molar refractivity (Wildman–Crippen MR) is 99.0 cm³/mol. The van der Waals surface area contributed by atoms with Gasteiger partial charge < -0.3 is 0 Å². The predicted octanol–water partition coefficient (Wildman–Crippen LogP) is 6.56. The van der Waals surface area contributed by atoms with E-state index in [-0.39, 0.29) is 5.82 Å². The van der Waals surface area contributed by atoms with Crippen molar-refractivity contribution < 1.29 is 4.39 Å². The number of aryl methyl sites for hydroxylation is 2. The summed E-state index contributed by atoms with van der Waals surface area (Å²) in [5, 5.41) is 8.45. The minimum atomic E-state index is -0.160. The standard InChI is InChI=1S/C9H9N.C8H9F.2C2H6/c1-2-8-3-5-9(7-10)6-4-8;1-2-7-3-5-8(9)6-4-7;2*1-2/h3-6H,2H2,1H3;3-6H,2H2,1H3;2*1-2H3. The van der Waals surface area contributed by atoms with Crippen LogP contribution >= 0.6 is 0 Å². The second-order valence-electron chi connectivity index (χ2n) is 4.14. The van der Waals surface area contributed by atoms with Crippen LogP contribution in [0.25, 0.3) is 0 Å². The summed E-state index contributed by atoms with van der Waals surface area (Å²) in [4.78, 5) is 0. The van der Waals surface area contributed by atoms with E-state index in [0.717, 1.165) is 18.4 Å². The Morgan fingerprint density at radius 3 is 1.39 bits per heavy atom. The van der Waals surface area contributed by atoms with Crippen LogP contribution in [0.1, 0.15) is 58.2 Å². The van der Waals surface area contributed by atoms with Crippen LogP contribution in [0.2, 0.25) is 0 Å². The highest BCUT2D eigenvalue weighted by Crippen LogP contribution is 2.03. The third kappa shape index (κ3) is 11.1. The highest BCUT2D eigenvalue weighted by molar-refractivity contribution is 5.31. The van der Waals surface area contributed by atoms with Crippen molar-refractivity contribution >= 4 is 0 Å². The molecule has 0 bridgehead atoms. The zero-order chi connectivity index (χ0) is 18.1. The zero-order valence-corrected chi connectivity index (χ0v) is 15.4. The number of nitrogens with zero attached hydrogens (tertiary/aromatic N) is 1. The smallest absolute Gasteiger partial charge is 0.123 e. The summed E-state index contributed by atoms with van der Waals surface area (Å²) in [5.74, 6) is -0.160. The third-order valence-corrected chi connectivity index (χ3v) is 2.81. The average Bonchev–Trinajstić information content (AvgIpc) is 2.66. The maximum absolute atomic E-state index is 12.2. The van der Waals surface area contributed by atoms with Gasteiger partial charge in [0.25, 0.3) is 0 Å². The Kier molecular flexibility index (Phi) is 16.3. The molecule has 23 heavy (non-hydrogen) atoms. The molecule has 1 nitrogen and oxygen atoms in total. The van der Waals surface area contributed by atoms with Crippen LogP contribution in [0.4, 0.5) is 4.39 Å². The largest absolute Gasteiger partial charge is 0.207 e. The van der Waals surface area contributed by atoms with Crippen LogP contribution in [0.15, 0.2) is 48.5 Å². The second kappa shape index (κ2) is 16.2. The fourth-order valence-corrected chi connectivity index (χ4v) is 1.54. The quantitative estimate of drug-likeness (QED) is 0.615. The Balaban J connectivity index is 0. The van der Waals surface area contributed by atoms with E-state index in [9.17, 15) is 4.39 Å². The van der Waals surface area contributed by atoms with Gasteiger partial charge in [0.15, 0.2) is 0 Å². The number of benzene rings is 2. The molecule has 0 aliphatic heterocycles. The third-order valence-electron chi connectivity index (χ3n) is 2.81. The molecule has 2 aromatic carbocycles. The summed E-state index contributed by atoms with van der Waals surface area (Å²) in [7, 11) is 0. The lowest BCUT2D eigenvalue weighted by atomic mass is 10.1. The van der Waals surface area contributed by atoms with Crippen LogP contribution in [0.3, 0.4) is 0 Å². The van der Waals surface area contributed by atoms with E-state index in [0.29, 0.717) is 0 Å². The van der Waals surface area contributed by atoms with Gasteiger partial charge in [-0.2, -0.15) is 5.26 Å². The molecule has 2 rings (SSSR count). The van der Waals surface area contributed by atoms with E-state index in [2.05, 4.69) is 13.0 Å². The normalized spacial score (nSPS) is 8.09. The van der Waals surface area contributed by atoms with Gasteiger partial charge in [-0.15, -0.1) is 0 Å². The van der Waals surface area contributed by atoms with E-state index in [1.807, 2.05) is 58.9 Å². The minimum absolute atomic E-state index is 0.160. The van der Waals surface area contributed by atoms with Gasteiger partial charge in [0.05, 0.1) is 11.6 Å². The van der Waals surface area contributed by atoms with Gasteiger partial charge in [-0.25, -0.2) is 4.39 Å². The number of hydrogen-bond acceptors (Lipinski definition) is 1. The van der Waals surface area contributed by atoms with Crippen LogP contribution in [0, 0.1) is 17.1 Å². The summed E-state index contributed by atoms with van der Waals surface area (Å²) in [6.45, 7) is 12.1. The summed E-state index contributed by atoms with van der Waals surface area (Å²) < 4.78 is 12.2. The molecular weight excluding hydrogens is 285 g/mol. The fraction of sp³-hybridized carbons (Fsp3) is 0.381. The maximum Gasteiger partial charge on any atom is 0.123 e. The first-order valence-electron chi connectivity index (χ1n) is 8.43. The molecular formula is C21H30FN. The summed E-state index contributed by atoms with van der Waals surface area (Å²) in [6, 6.07) is 16.3. The Morgan fingerprint density at radius 1 is 0.739 bits per heavy atom. The Labute approximate surface area is 141 Å². The van der Waals surface area contributed by atoms with Crippen molar-refractivity contribution in [3.63, 3.8) is 0 Å². The van der Waals surface area contributed by atoms with Gasteiger partial charge in [-0.3, -0.25) is 0 Å². The molecule has 0 amide bonds. The van der Waals surface area contributed by atoms with Crippen LogP contribution < -0.4 is 0 Å². The number of rotatable bonds is 2. The first kappa shape index (κ1) is 23.1. The second-order valence-corrected chi connectivity index (χ2v) is 4.14. The van der Waals surface area contributed by atoms with Crippen molar-refractivity contribution in [3.05, 3.63) is 71.0 Å². The number of hydrogen-bond donors (Lipinski definition) is 0. The van der Waals surface area contributed by atoms with Crippen molar-refractivity contribution in [2.24, 2.45) is 0 Å². The number of nitriles is 1. The van der Waals surface area contributed by atoms with Crippen molar-refractivity contribution in [1.82, 2.24) is 0 Å². The fourth-order valence-electron chi connectivity index (χ4n) is 1.54. The molecule has 0 aliphatic carbocycles. The van der Waals surface area contributed by atoms with E-state index in [4.69, 9.17) is 5.26 Å². The Morgan fingerprint density at radius 2 is 1.09 bits per heavy atom. The molecule has 2 aromatic rings. The topological polar surface area (TPSA) is 23.8 Å². The number of halogens is 1. The molecule has 0 fully saturated rings. The molecule has 0 saturated carbocycles. The summed E-state index contributed by atoms with van der Waals surface area (Å²) in [5.41, 5.74) is 3.19. The van der Waals surface area contributed by atoms with Crippen LogP contribution in [0.5, 0.6) is 0 Å². The van der Waals surface area contributed by atoms with Crippen molar-refractivity contribution in [1.29, 1.82) is 5.26 Å². The lowest BCUT2D eigenvalue weighted by Crippen LogP contribution is -1.78. The van der Waals surface area contributed by atoms with Crippen molar-refractivity contribution in [3.8, 4) is 6.07 Å². The highest BCUT2D eigenvalue weighted by atomic mass is 19.1. The van der Waals surface area contributed by atoms with E-state index in [1.54, 1.807) is 12.1 Å². The van der Waals surface area contributed by atoms with Crippen molar-refractivity contribution in [2.75, 3.05) is 0 Å². The van der Waals surface area contributed by atoms with Gasteiger partial charge in [0, 0.05) is 0 Å². The molecule has 0 radical (unpaired) electrons. The lowest BCUT2D eigenvalue weighted by Gasteiger charge is -1.92. The van der Waals surface area contributed by atoms with Crippen LogP contribution in [-0.4, -0.2) is 0 Å². The highest BCUT2D eigenvalue weighted by Gasteiger charge is 1.89. The molecule has 0 heterocycles. The molecule has 0 aliphatic rings. The van der Waals surface area contributed by atoms with Gasteiger partial charge in [-0.1, -0.05) is 65.8 Å². The molecule has 2 heteroatoms. The van der Waals surface area contributed by atoms with Crippen molar-refractivity contribution in [2.45, 2.75) is 54.4 Å². The molecule has 0 saturated heterocycles. The first-order valence-corrected chi connectivity index (χ1v) is 8.43. The molecule has 0 unspecified atom stereocenters. The SMILES string of the molecule is CC.CC.CCc1ccc(C#N)cc1.CCc1ccc(F)cc1. The van der Waals surface area contributed by atoms with Gasteiger partial charge in [0.2, 0.25) is 0 Å². The average molecular weight is 315 g/mol. The molecule has 126 valence electrons. The molecule has 0 atom stereocenters. The van der Waals surface area contributed by atoms with E-state index in [1.165, 1.54) is 23.3 Å². The van der Waals surface area contributed by atoms with Crippen LogP contribution in [-0.2, 0) is 12.8 Å². The van der Waals surface area contributed by atoms with E-state index < -0.39 is 0 Å². The monoisotopic (exact) mass is 315 g/mol. The van der Waals surface area contributed by atoms with Gasteiger partial charge in [-0.05, 0) is 48.2 Å². The van der Waals surface area contributed by atoms with Gasteiger partial charge >= 0.3 is 0 Å². The summed E-state index contributed by atoms with van der Waals surface area (Å²) >= 11 is 0. The van der Waals surface area contributed by atoms with Gasteiger partial charge in [0.1, 0.15) is 5.82 Å². The Bertz CT molecular complexity index is 521. The van der Waals surface area contributed by atoms with E-state index >= 15 is 0 Å². The molecule has 0 aromatic heterocycles. The zero-order valence-electron chi connectivity index (χ0n) is 15.4. The lowest BCUT2D eigenvalue weighted by molar-refractivity contribution is 0.627. The molecule has 0 spiro atoms. The molecule has 0 N–H and O–H groups in total.